The molecule has 0 atom stereocenters. The van der Waals surface area contributed by atoms with Gasteiger partial charge in [0.2, 0.25) is 0 Å². The highest BCUT2D eigenvalue weighted by Crippen LogP contribution is 2.07. The number of carbonyl (C=O) groups excluding carboxylic acids is 1. The van der Waals surface area contributed by atoms with Crippen LogP contribution in [-0.4, -0.2) is 5.78 Å². The molecule has 0 rings (SSSR count). The lowest BCUT2D eigenvalue weighted by Gasteiger charge is -1.98. The molecule has 0 aromatic carbocycles. The number of ketones is 1. The van der Waals surface area contributed by atoms with Gasteiger partial charge in [-0.05, 0) is 27.7 Å². The minimum Gasteiger partial charge on any atom is -0.295 e. The average Bonchev–Trinajstić information content (AvgIpc) is 1.84. The van der Waals surface area contributed by atoms with Gasteiger partial charge in [0.1, 0.15) is 0 Å². The molecule has 0 aliphatic rings. The van der Waals surface area contributed by atoms with E-state index in [2.05, 4.69) is 6.58 Å². The third-order valence-corrected chi connectivity index (χ3v) is 1.45. The predicted octanol–water partition coefficient (Wildman–Crippen LogP) is 3.04. The zero-order valence-corrected chi connectivity index (χ0v) is 8.27. The minimum atomic E-state index is 0.104. The van der Waals surface area contributed by atoms with E-state index in [9.17, 15) is 4.79 Å². The number of carbonyl (C=O) groups is 1. The Hall–Kier alpha value is -1.11. The van der Waals surface area contributed by atoms with Gasteiger partial charge in [-0.1, -0.05) is 29.9 Å². The van der Waals surface area contributed by atoms with Gasteiger partial charge >= 0.3 is 0 Å². The van der Waals surface area contributed by atoms with Crippen molar-refractivity contribution in [2.24, 2.45) is 0 Å². The average molecular weight is 164 g/mol. The second-order valence-corrected chi connectivity index (χ2v) is 3.15. The Balaban J connectivity index is 4.70. The summed E-state index contributed by atoms with van der Waals surface area (Å²) in [5.74, 6) is 0.104. The van der Waals surface area contributed by atoms with Crippen molar-refractivity contribution >= 4 is 5.78 Å². The summed E-state index contributed by atoms with van der Waals surface area (Å²) in [5.41, 5.74) is 2.77. The van der Waals surface area contributed by atoms with Crippen LogP contribution in [-0.2, 0) is 4.79 Å². The van der Waals surface area contributed by atoms with Crippen LogP contribution in [0.25, 0.3) is 0 Å². The highest BCUT2D eigenvalue weighted by atomic mass is 16.1. The summed E-state index contributed by atoms with van der Waals surface area (Å²) in [6.45, 7) is 11.1. The van der Waals surface area contributed by atoms with E-state index in [1.165, 1.54) is 0 Å². The third kappa shape index (κ3) is 3.91. The molecule has 1 nitrogen and oxygen atoms in total. The molecule has 0 heterocycles. The highest BCUT2D eigenvalue weighted by molar-refractivity contribution is 5.96. The van der Waals surface area contributed by atoms with Crippen LogP contribution in [0.3, 0.4) is 0 Å². The smallest absolute Gasteiger partial charge is 0.159 e. The van der Waals surface area contributed by atoms with Crippen molar-refractivity contribution in [3.63, 3.8) is 0 Å². The van der Waals surface area contributed by atoms with Gasteiger partial charge in [-0.3, -0.25) is 4.79 Å². The Morgan fingerprint density at radius 3 is 1.83 bits per heavy atom. The van der Waals surface area contributed by atoms with Gasteiger partial charge in [0.15, 0.2) is 5.78 Å². The molecule has 0 spiro atoms. The Morgan fingerprint density at radius 1 is 1.08 bits per heavy atom. The van der Waals surface area contributed by atoms with Crippen molar-refractivity contribution in [2.45, 2.75) is 27.7 Å². The Morgan fingerprint density at radius 2 is 1.58 bits per heavy atom. The first-order chi connectivity index (χ1) is 5.45. The van der Waals surface area contributed by atoms with E-state index in [4.69, 9.17) is 0 Å². The molecule has 0 aliphatic carbocycles. The zero-order chi connectivity index (χ0) is 9.72. The van der Waals surface area contributed by atoms with Gasteiger partial charge < -0.3 is 0 Å². The lowest BCUT2D eigenvalue weighted by Crippen LogP contribution is -1.95. The van der Waals surface area contributed by atoms with Crippen LogP contribution >= 0.6 is 0 Å². The van der Waals surface area contributed by atoms with Crippen molar-refractivity contribution in [1.82, 2.24) is 0 Å². The van der Waals surface area contributed by atoms with Crippen LogP contribution in [0, 0.1) is 0 Å². The maximum Gasteiger partial charge on any atom is 0.159 e. The molecule has 0 N–H and O–H groups in total. The predicted molar refractivity (Wildman–Crippen MR) is 53.0 cm³/mol. The second-order valence-electron chi connectivity index (χ2n) is 3.15. The number of hydrogen-bond donors (Lipinski definition) is 0. The van der Waals surface area contributed by atoms with Crippen LogP contribution in [0.1, 0.15) is 27.7 Å². The van der Waals surface area contributed by atoms with Crippen LogP contribution < -0.4 is 0 Å². The van der Waals surface area contributed by atoms with Crippen LogP contribution in [0.4, 0.5) is 0 Å². The topological polar surface area (TPSA) is 17.1 Å². The second kappa shape index (κ2) is 4.70. The quantitative estimate of drug-likeness (QED) is 0.463. The lowest BCUT2D eigenvalue weighted by atomic mass is 10.1. The monoisotopic (exact) mass is 164 g/mol. The van der Waals surface area contributed by atoms with Crippen molar-refractivity contribution < 1.29 is 4.79 Å². The van der Waals surface area contributed by atoms with Crippen LogP contribution in [0.15, 0.2) is 35.5 Å². The summed E-state index contributed by atoms with van der Waals surface area (Å²) in [5, 5.41) is 0. The number of rotatable bonds is 3. The molecule has 0 bridgehead atoms. The fourth-order valence-electron chi connectivity index (χ4n) is 0.862. The molecule has 0 saturated carbocycles. The molecule has 12 heavy (non-hydrogen) atoms. The molecule has 0 radical (unpaired) electrons. The summed E-state index contributed by atoms with van der Waals surface area (Å²) in [6.07, 6.45) is 3.67. The van der Waals surface area contributed by atoms with Crippen molar-refractivity contribution in [2.75, 3.05) is 0 Å². The first-order valence-corrected chi connectivity index (χ1v) is 3.97. The van der Waals surface area contributed by atoms with Gasteiger partial charge in [-0.15, -0.1) is 0 Å². The molecule has 0 aliphatic heterocycles. The molecule has 0 fully saturated rings. The first kappa shape index (κ1) is 10.9. The van der Waals surface area contributed by atoms with Gasteiger partial charge in [-0.2, -0.15) is 0 Å². The van der Waals surface area contributed by atoms with Crippen LogP contribution in [0.5, 0.6) is 0 Å². The minimum absolute atomic E-state index is 0.104. The number of allylic oxidation sites excluding steroid dienone is 5. The van der Waals surface area contributed by atoms with Gasteiger partial charge in [0, 0.05) is 5.57 Å². The standard InChI is InChI=1S/C11H16O/c1-8(2)6-7-11(9(3)4)10(5)12/h6-7H,1H2,2-5H3/b7-6-. The molecule has 0 saturated heterocycles. The van der Waals surface area contributed by atoms with E-state index in [1.807, 2.05) is 32.9 Å². The maximum atomic E-state index is 11.1. The van der Waals surface area contributed by atoms with E-state index in [0.717, 1.165) is 16.7 Å². The molecule has 0 unspecified atom stereocenters. The molecular weight excluding hydrogens is 148 g/mol. The first-order valence-electron chi connectivity index (χ1n) is 3.97. The molecule has 0 aromatic heterocycles. The SMILES string of the molecule is C=C(C)/C=C\C(C(C)=O)=C(C)C. The molecule has 66 valence electrons. The third-order valence-electron chi connectivity index (χ3n) is 1.45. The van der Waals surface area contributed by atoms with Crippen molar-refractivity contribution in [3.8, 4) is 0 Å². The summed E-state index contributed by atoms with van der Waals surface area (Å²) >= 11 is 0. The largest absolute Gasteiger partial charge is 0.295 e. The fraction of sp³-hybridized carbons (Fsp3) is 0.364. The Labute approximate surface area is 74.5 Å². The van der Waals surface area contributed by atoms with Crippen molar-refractivity contribution in [3.05, 3.63) is 35.5 Å². The lowest BCUT2D eigenvalue weighted by molar-refractivity contribution is -0.113. The van der Waals surface area contributed by atoms with E-state index in [-0.39, 0.29) is 5.78 Å². The summed E-state index contributed by atoms with van der Waals surface area (Å²) in [7, 11) is 0. The molecular formula is C11H16O. The summed E-state index contributed by atoms with van der Waals surface area (Å²) in [4.78, 5) is 11.1. The van der Waals surface area contributed by atoms with E-state index < -0.39 is 0 Å². The van der Waals surface area contributed by atoms with Crippen molar-refractivity contribution in [1.29, 1.82) is 0 Å². The fourth-order valence-corrected chi connectivity index (χ4v) is 0.862. The summed E-state index contributed by atoms with van der Waals surface area (Å²) in [6, 6.07) is 0. The maximum absolute atomic E-state index is 11.1. The normalized spacial score (nSPS) is 10.0. The van der Waals surface area contributed by atoms with Gasteiger partial charge in [0.25, 0.3) is 0 Å². The summed E-state index contributed by atoms with van der Waals surface area (Å²) < 4.78 is 0. The highest BCUT2D eigenvalue weighted by Gasteiger charge is 1.99. The van der Waals surface area contributed by atoms with E-state index in [0.29, 0.717) is 0 Å². The van der Waals surface area contributed by atoms with Crippen LogP contribution in [0.2, 0.25) is 0 Å². The molecule has 1 heteroatoms. The van der Waals surface area contributed by atoms with E-state index >= 15 is 0 Å². The molecule has 0 aromatic rings. The Kier molecular flexibility index (Phi) is 4.27. The number of Topliss-reactive ketones (excluding diaryl/α,β-unsaturated/α-hetero) is 1. The van der Waals surface area contributed by atoms with Gasteiger partial charge in [0.05, 0.1) is 0 Å². The van der Waals surface area contributed by atoms with E-state index in [1.54, 1.807) is 6.92 Å². The molecule has 0 amide bonds. The number of hydrogen-bond acceptors (Lipinski definition) is 1. The zero-order valence-electron chi connectivity index (χ0n) is 8.27. The Bertz CT molecular complexity index is 250. The van der Waals surface area contributed by atoms with Gasteiger partial charge in [-0.25, -0.2) is 0 Å².